The minimum atomic E-state index is 0.0111. The number of aryl methyl sites for hydroxylation is 2. The van der Waals surface area contributed by atoms with Crippen LogP contribution < -0.4 is 4.90 Å². The molecular formula is C15H15ClN2O. The van der Waals surface area contributed by atoms with Crippen LogP contribution in [0.3, 0.4) is 0 Å². The minimum absolute atomic E-state index is 0.0111. The summed E-state index contributed by atoms with van der Waals surface area (Å²) in [6, 6.07) is 7.94. The molecule has 98 valence electrons. The molecule has 1 aliphatic heterocycles. The monoisotopic (exact) mass is 274 g/mol. The van der Waals surface area contributed by atoms with Crippen molar-refractivity contribution in [3.63, 3.8) is 0 Å². The molecule has 1 aliphatic rings. The second-order valence-electron chi connectivity index (χ2n) is 4.99. The topological polar surface area (TPSA) is 25.2 Å². The van der Waals surface area contributed by atoms with Crippen molar-refractivity contribution in [3.05, 3.63) is 52.3 Å². The van der Waals surface area contributed by atoms with E-state index in [1.54, 1.807) is 16.8 Å². The van der Waals surface area contributed by atoms with Crippen molar-refractivity contribution in [3.8, 4) is 0 Å². The highest BCUT2D eigenvalue weighted by Crippen LogP contribution is 2.30. The lowest BCUT2D eigenvalue weighted by Gasteiger charge is -2.17. The van der Waals surface area contributed by atoms with E-state index in [0.717, 1.165) is 18.7 Å². The Labute approximate surface area is 117 Å². The number of anilines is 1. The minimum Gasteiger partial charge on any atom is -0.345 e. The summed E-state index contributed by atoms with van der Waals surface area (Å²) in [5.41, 5.74) is 4.12. The predicted octanol–water partition coefficient (Wildman–Crippen LogP) is 3.19. The van der Waals surface area contributed by atoms with E-state index < -0.39 is 0 Å². The van der Waals surface area contributed by atoms with Crippen LogP contribution >= 0.6 is 11.6 Å². The number of hydrogen-bond acceptors (Lipinski definition) is 1. The zero-order valence-corrected chi connectivity index (χ0v) is 11.7. The molecule has 0 saturated heterocycles. The van der Waals surface area contributed by atoms with Gasteiger partial charge >= 0.3 is 0 Å². The lowest BCUT2D eigenvalue weighted by Crippen LogP contribution is -2.30. The molecule has 2 heterocycles. The normalized spacial score (nSPS) is 13.7. The first kappa shape index (κ1) is 12.3. The van der Waals surface area contributed by atoms with Gasteiger partial charge in [-0.15, -0.1) is 0 Å². The Bertz CT molecular complexity index is 660. The van der Waals surface area contributed by atoms with Crippen LogP contribution in [0, 0.1) is 6.92 Å². The van der Waals surface area contributed by atoms with Gasteiger partial charge in [0.2, 0.25) is 0 Å². The number of benzene rings is 1. The molecule has 0 bridgehead atoms. The van der Waals surface area contributed by atoms with Gasteiger partial charge in [-0.25, -0.2) is 0 Å². The van der Waals surface area contributed by atoms with Crippen LogP contribution in [-0.4, -0.2) is 17.0 Å². The standard InChI is InChI=1S/C15H15ClN2O/c1-10-3-4-13-11(7-10)5-6-18(13)15(19)14-8-12(16)9-17(14)2/h3-4,7-9H,5-6H2,1-2H3. The summed E-state index contributed by atoms with van der Waals surface area (Å²) in [5.74, 6) is 0.0111. The molecule has 3 rings (SSSR count). The van der Waals surface area contributed by atoms with Crippen molar-refractivity contribution >= 4 is 23.2 Å². The summed E-state index contributed by atoms with van der Waals surface area (Å²) in [7, 11) is 1.84. The van der Waals surface area contributed by atoms with Crippen LogP contribution in [0.15, 0.2) is 30.5 Å². The van der Waals surface area contributed by atoms with E-state index >= 15 is 0 Å². The summed E-state index contributed by atoms with van der Waals surface area (Å²) >= 11 is 5.95. The zero-order chi connectivity index (χ0) is 13.6. The van der Waals surface area contributed by atoms with Crippen molar-refractivity contribution in [2.45, 2.75) is 13.3 Å². The van der Waals surface area contributed by atoms with Gasteiger partial charge in [-0.3, -0.25) is 4.79 Å². The summed E-state index contributed by atoms with van der Waals surface area (Å²) < 4.78 is 1.77. The molecule has 19 heavy (non-hydrogen) atoms. The fourth-order valence-electron chi connectivity index (χ4n) is 2.62. The second kappa shape index (κ2) is 4.42. The lowest BCUT2D eigenvalue weighted by atomic mass is 10.1. The molecule has 0 fully saturated rings. The van der Waals surface area contributed by atoms with Crippen molar-refractivity contribution < 1.29 is 4.79 Å². The fourth-order valence-corrected chi connectivity index (χ4v) is 2.87. The van der Waals surface area contributed by atoms with Crippen molar-refractivity contribution in [2.24, 2.45) is 7.05 Å². The fraction of sp³-hybridized carbons (Fsp3) is 0.267. The third kappa shape index (κ3) is 2.04. The maximum atomic E-state index is 12.6. The largest absolute Gasteiger partial charge is 0.345 e. The van der Waals surface area contributed by atoms with Crippen LogP contribution in [0.5, 0.6) is 0 Å². The quantitative estimate of drug-likeness (QED) is 0.784. The van der Waals surface area contributed by atoms with Gasteiger partial charge in [0.05, 0.1) is 5.02 Å². The molecule has 3 nitrogen and oxygen atoms in total. The lowest BCUT2D eigenvalue weighted by molar-refractivity contribution is 0.0981. The average molecular weight is 275 g/mol. The van der Waals surface area contributed by atoms with Crippen molar-refractivity contribution in [1.82, 2.24) is 4.57 Å². The smallest absolute Gasteiger partial charge is 0.274 e. The van der Waals surface area contributed by atoms with Gasteiger partial charge in [0.15, 0.2) is 0 Å². The van der Waals surface area contributed by atoms with Crippen molar-refractivity contribution in [1.29, 1.82) is 0 Å². The van der Waals surface area contributed by atoms with Crippen LogP contribution in [0.1, 0.15) is 21.6 Å². The van der Waals surface area contributed by atoms with Gasteiger partial charge in [0, 0.05) is 25.5 Å². The molecule has 1 aromatic carbocycles. The SMILES string of the molecule is Cc1ccc2c(c1)CCN2C(=O)c1cc(Cl)cn1C. The number of carbonyl (C=O) groups is 1. The average Bonchev–Trinajstić information content (AvgIpc) is 2.91. The Kier molecular flexibility index (Phi) is 2.86. The number of halogens is 1. The number of hydrogen-bond donors (Lipinski definition) is 0. The number of nitrogens with zero attached hydrogens (tertiary/aromatic N) is 2. The summed E-state index contributed by atoms with van der Waals surface area (Å²) in [5, 5.41) is 0.592. The van der Waals surface area contributed by atoms with Gasteiger partial charge in [-0.05, 0) is 31.0 Å². The highest BCUT2D eigenvalue weighted by molar-refractivity contribution is 6.31. The molecule has 0 unspecified atom stereocenters. The third-order valence-corrected chi connectivity index (χ3v) is 3.77. The van der Waals surface area contributed by atoms with Crippen LogP contribution in [-0.2, 0) is 13.5 Å². The number of fused-ring (bicyclic) bond motifs is 1. The third-order valence-electron chi connectivity index (χ3n) is 3.57. The maximum absolute atomic E-state index is 12.6. The molecule has 0 atom stereocenters. The molecule has 0 saturated carbocycles. The Morgan fingerprint density at radius 2 is 2.11 bits per heavy atom. The highest BCUT2D eigenvalue weighted by atomic mass is 35.5. The van der Waals surface area contributed by atoms with Crippen molar-refractivity contribution in [2.75, 3.05) is 11.4 Å². The van der Waals surface area contributed by atoms with Gasteiger partial charge in [0.1, 0.15) is 5.69 Å². The van der Waals surface area contributed by atoms with Crippen LogP contribution in [0.4, 0.5) is 5.69 Å². The first-order valence-electron chi connectivity index (χ1n) is 6.29. The Morgan fingerprint density at radius 1 is 1.32 bits per heavy atom. The molecule has 2 aromatic rings. The maximum Gasteiger partial charge on any atom is 0.274 e. The predicted molar refractivity (Wildman–Crippen MR) is 77.0 cm³/mol. The molecule has 1 amide bonds. The van der Waals surface area contributed by atoms with E-state index in [1.165, 1.54) is 11.1 Å². The van der Waals surface area contributed by atoms with E-state index in [1.807, 2.05) is 24.1 Å². The number of rotatable bonds is 1. The Morgan fingerprint density at radius 3 is 2.79 bits per heavy atom. The van der Waals surface area contributed by atoms with E-state index in [9.17, 15) is 4.79 Å². The van der Waals surface area contributed by atoms with E-state index in [4.69, 9.17) is 11.6 Å². The molecular weight excluding hydrogens is 260 g/mol. The zero-order valence-electron chi connectivity index (χ0n) is 11.0. The summed E-state index contributed by atoms with van der Waals surface area (Å²) in [6.07, 6.45) is 2.67. The molecule has 1 aromatic heterocycles. The Balaban J connectivity index is 1.98. The van der Waals surface area contributed by atoms with Gasteiger partial charge < -0.3 is 9.47 Å². The molecule has 0 spiro atoms. The first-order chi connectivity index (χ1) is 9.06. The number of carbonyl (C=O) groups excluding carboxylic acids is 1. The van der Waals surface area contributed by atoms with E-state index in [-0.39, 0.29) is 5.91 Å². The van der Waals surface area contributed by atoms with Gasteiger partial charge in [-0.1, -0.05) is 29.3 Å². The Hall–Kier alpha value is -1.74. The van der Waals surface area contributed by atoms with E-state index in [0.29, 0.717) is 10.7 Å². The molecule has 4 heteroatoms. The van der Waals surface area contributed by atoms with Gasteiger partial charge in [0.25, 0.3) is 5.91 Å². The molecule has 0 N–H and O–H groups in total. The number of amides is 1. The van der Waals surface area contributed by atoms with E-state index in [2.05, 4.69) is 13.0 Å². The van der Waals surface area contributed by atoms with Crippen LogP contribution in [0.25, 0.3) is 0 Å². The molecule has 0 radical (unpaired) electrons. The first-order valence-corrected chi connectivity index (χ1v) is 6.67. The molecule has 0 aliphatic carbocycles. The highest BCUT2D eigenvalue weighted by Gasteiger charge is 2.27. The summed E-state index contributed by atoms with van der Waals surface area (Å²) in [4.78, 5) is 14.4. The summed E-state index contributed by atoms with van der Waals surface area (Å²) in [6.45, 7) is 2.81. The van der Waals surface area contributed by atoms with Gasteiger partial charge in [-0.2, -0.15) is 0 Å². The second-order valence-corrected chi connectivity index (χ2v) is 5.43. The number of aromatic nitrogens is 1. The van der Waals surface area contributed by atoms with Crippen LogP contribution in [0.2, 0.25) is 5.02 Å².